The molecule has 0 spiro atoms. The Morgan fingerprint density at radius 3 is 2.81 bits per heavy atom. The highest BCUT2D eigenvalue weighted by atomic mass is 19.4. The highest BCUT2D eigenvalue weighted by Crippen LogP contribution is 2.32. The lowest BCUT2D eigenvalue weighted by atomic mass is 9.91. The lowest BCUT2D eigenvalue weighted by Crippen LogP contribution is -2.48. The lowest BCUT2D eigenvalue weighted by Gasteiger charge is -2.41. The van der Waals surface area contributed by atoms with Crippen LogP contribution >= 0.6 is 0 Å². The maximum atomic E-state index is 12.2. The van der Waals surface area contributed by atoms with E-state index in [4.69, 9.17) is 0 Å². The molecule has 144 valence electrons. The van der Waals surface area contributed by atoms with Gasteiger partial charge in [0.2, 0.25) is 5.95 Å². The molecule has 3 heterocycles. The zero-order valence-electron chi connectivity index (χ0n) is 14.6. The van der Waals surface area contributed by atoms with E-state index in [1.807, 2.05) is 6.07 Å². The quantitative estimate of drug-likeness (QED) is 0.852. The SMILES string of the molecule is FC(F)(F)COc1cnc(Nc2ccc3c(c2)CCN2CCNC[C@@H]32)nc1. The van der Waals surface area contributed by atoms with Gasteiger partial charge in [0, 0.05) is 37.9 Å². The Kier molecular flexibility index (Phi) is 4.88. The molecular weight excluding hydrogens is 359 g/mol. The van der Waals surface area contributed by atoms with Crippen molar-refractivity contribution in [2.75, 3.05) is 38.1 Å². The molecule has 6 nitrogen and oxygen atoms in total. The highest BCUT2D eigenvalue weighted by Gasteiger charge is 2.29. The van der Waals surface area contributed by atoms with Gasteiger partial charge in [-0.3, -0.25) is 4.90 Å². The molecule has 0 bridgehead atoms. The van der Waals surface area contributed by atoms with Gasteiger partial charge in [0.1, 0.15) is 0 Å². The van der Waals surface area contributed by atoms with Gasteiger partial charge in [0.15, 0.2) is 12.4 Å². The topological polar surface area (TPSA) is 62.3 Å². The number of fused-ring (bicyclic) bond motifs is 3. The maximum Gasteiger partial charge on any atom is 0.422 e. The molecule has 0 unspecified atom stereocenters. The van der Waals surface area contributed by atoms with Crippen LogP contribution in [0.3, 0.4) is 0 Å². The first-order valence-electron chi connectivity index (χ1n) is 8.84. The van der Waals surface area contributed by atoms with Crippen molar-refractivity contribution >= 4 is 11.6 Å². The van der Waals surface area contributed by atoms with Gasteiger partial charge < -0.3 is 15.4 Å². The van der Waals surface area contributed by atoms with Crippen LogP contribution in [0.15, 0.2) is 30.6 Å². The van der Waals surface area contributed by atoms with E-state index < -0.39 is 12.8 Å². The second kappa shape index (κ2) is 7.32. The second-order valence-electron chi connectivity index (χ2n) is 6.69. The average molecular weight is 379 g/mol. The fourth-order valence-electron chi connectivity index (χ4n) is 3.56. The molecule has 1 fully saturated rings. The minimum Gasteiger partial charge on any atom is -0.481 e. The third-order valence-corrected chi connectivity index (χ3v) is 4.81. The predicted molar refractivity (Wildman–Crippen MR) is 94.2 cm³/mol. The number of anilines is 2. The monoisotopic (exact) mass is 379 g/mol. The number of benzene rings is 1. The van der Waals surface area contributed by atoms with E-state index in [1.54, 1.807) is 0 Å². The predicted octanol–water partition coefficient (Wildman–Crippen LogP) is 2.66. The number of hydrogen-bond donors (Lipinski definition) is 2. The molecule has 1 aromatic heterocycles. The van der Waals surface area contributed by atoms with Crippen molar-refractivity contribution in [1.82, 2.24) is 20.2 Å². The Balaban J connectivity index is 1.43. The standard InChI is InChI=1S/C18H20F3N5O/c19-18(20,21)11-27-14-8-23-17(24-9-14)25-13-1-2-15-12(7-13)3-5-26-6-4-22-10-16(15)26/h1-2,7-9,16,22H,3-6,10-11H2,(H,23,24,25)/t16-/m0/s1. The molecule has 1 atom stereocenters. The molecule has 2 aliphatic rings. The summed E-state index contributed by atoms with van der Waals surface area (Å²) in [6.07, 6.45) is -0.938. The van der Waals surface area contributed by atoms with Crippen LogP contribution < -0.4 is 15.4 Å². The van der Waals surface area contributed by atoms with Crippen LogP contribution in [-0.4, -0.2) is 53.8 Å². The summed E-state index contributed by atoms with van der Waals surface area (Å²) in [5, 5.41) is 6.54. The Labute approximate surface area is 154 Å². The molecule has 1 saturated heterocycles. The van der Waals surface area contributed by atoms with E-state index in [1.165, 1.54) is 23.5 Å². The molecule has 0 saturated carbocycles. The molecule has 0 radical (unpaired) electrons. The molecule has 9 heteroatoms. The van der Waals surface area contributed by atoms with Gasteiger partial charge in [-0.25, -0.2) is 9.97 Å². The second-order valence-corrected chi connectivity index (χ2v) is 6.69. The summed E-state index contributed by atoms with van der Waals surface area (Å²) >= 11 is 0. The number of ether oxygens (including phenoxy) is 1. The summed E-state index contributed by atoms with van der Waals surface area (Å²) < 4.78 is 41.1. The van der Waals surface area contributed by atoms with E-state index in [2.05, 4.69) is 42.4 Å². The summed E-state index contributed by atoms with van der Waals surface area (Å²) in [5.41, 5.74) is 3.50. The minimum absolute atomic E-state index is 0.0202. The lowest BCUT2D eigenvalue weighted by molar-refractivity contribution is -0.153. The number of aromatic nitrogens is 2. The minimum atomic E-state index is -4.39. The number of nitrogens with zero attached hydrogens (tertiary/aromatic N) is 3. The summed E-state index contributed by atoms with van der Waals surface area (Å²) in [4.78, 5) is 10.5. The number of nitrogens with one attached hydrogen (secondary N) is 2. The fourth-order valence-corrected chi connectivity index (χ4v) is 3.56. The zero-order valence-corrected chi connectivity index (χ0v) is 14.6. The van der Waals surface area contributed by atoms with E-state index in [-0.39, 0.29) is 5.75 Å². The molecular formula is C18H20F3N5O. The first-order valence-corrected chi connectivity index (χ1v) is 8.84. The number of rotatable bonds is 4. The summed E-state index contributed by atoms with van der Waals surface area (Å²) in [6.45, 7) is 2.75. The van der Waals surface area contributed by atoms with Crippen LogP contribution in [-0.2, 0) is 6.42 Å². The summed E-state index contributed by atoms with van der Waals surface area (Å²) in [5.74, 6) is 0.291. The molecule has 2 aromatic rings. The van der Waals surface area contributed by atoms with Crippen LogP contribution in [0.1, 0.15) is 17.2 Å². The number of hydrogen-bond acceptors (Lipinski definition) is 6. The molecule has 0 amide bonds. The van der Waals surface area contributed by atoms with Gasteiger partial charge in [0.25, 0.3) is 0 Å². The van der Waals surface area contributed by atoms with Gasteiger partial charge >= 0.3 is 6.18 Å². The molecule has 2 aliphatic heterocycles. The Bertz CT molecular complexity index is 797. The number of halogens is 3. The van der Waals surface area contributed by atoms with Crippen molar-refractivity contribution < 1.29 is 17.9 Å². The maximum absolute atomic E-state index is 12.2. The number of alkyl halides is 3. The Morgan fingerprint density at radius 2 is 2.04 bits per heavy atom. The van der Waals surface area contributed by atoms with Crippen molar-refractivity contribution in [3.8, 4) is 5.75 Å². The molecule has 0 aliphatic carbocycles. The van der Waals surface area contributed by atoms with E-state index in [9.17, 15) is 13.2 Å². The van der Waals surface area contributed by atoms with Crippen LogP contribution in [0.4, 0.5) is 24.8 Å². The highest BCUT2D eigenvalue weighted by molar-refractivity contribution is 5.57. The van der Waals surface area contributed by atoms with Crippen LogP contribution in [0.25, 0.3) is 0 Å². The Morgan fingerprint density at radius 1 is 1.22 bits per heavy atom. The van der Waals surface area contributed by atoms with Crippen molar-refractivity contribution in [2.24, 2.45) is 0 Å². The van der Waals surface area contributed by atoms with Crippen molar-refractivity contribution in [3.63, 3.8) is 0 Å². The third-order valence-electron chi connectivity index (χ3n) is 4.81. The molecule has 27 heavy (non-hydrogen) atoms. The normalized spacial score (nSPS) is 19.9. The van der Waals surface area contributed by atoms with Gasteiger partial charge in [-0.2, -0.15) is 13.2 Å². The van der Waals surface area contributed by atoms with Gasteiger partial charge in [0.05, 0.1) is 12.4 Å². The summed E-state index contributed by atoms with van der Waals surface area (Å²) in [7, 11) is 0. The van der Waals surface area contributed by atoms with E-state index in [0.717, 1.165) is 38.3 Å². The smallest absolute Gasteiger partial charge is 0.422 e. The molecule has 1 aromatic carbocycles. The van der Waals surface area contributed by atoms with Gasteiger partial charge in [-0.15, -0.1) is 0 Å². The van der Waals surface area contributed by atoms with Crippen LogP contribution in [0, 0.1) is 0 Å². The van der Waals surface area contributed by atoms with E-state index >= 15 is 0 Å². The Hall–Kier alpha value is -2.39. The largest absolute Gasteiger partial charge is 0.481 e. The van der Waals surface area contributed by atoms with Crippen molar-refractivity contribution in [2.45, 2.75) is 18.6 Å². The van der Waals surface area contributed by atoms with Crippen LogP contribution in [0.5, 0.6) is 5.75 Å². The number of piperazine rings is 1. The first-order chi connectivity index (χ1) is 13.0. The van der Waals surface area contributed by atoms with E-state index in [0.29, 0.717) is 12.0 Å². The fraction of sp³-hybridized carbons (Fsp3) is 0.444. The van der Waals surface area contributed by atoms with Crippen LogP contribution in [0.2, 0.25) is 0 Å². The van der Waals surface area contributed by atoms with Gasteiger partial charge in [-0.05, 0) is 29.7 Å². The van der Waals surface area contributed by atoms with Crippen molar-refractivity contribution in [1.29, 1.82) is 0 Å². The van der Waals surface area contributed by atoms with Crippen molar-refractivity contribution in [3.05, 3.63) is 41.7 Å². The molecule has 4 rings (SSSR count). The average Bonchev–Trinajstić information content (AvgIpc) is 2.66. The molecule has 2 N–H and O–H groups in total. The summed E-state index contributed by atoms with van der Waals surface area (Å²) in [6, 6.07) is 6.62. The first kappa shape index (κ1) is 18.0. The third kappa shape index (κ3) is 4.30. The zero-order chi connectivity index (χ0) is 18.9. The van der Waals surface area contributed by atoms with Gasteiger partial charge in [-0.1, -0.05) is 6.07 Å².